The van der Waals surface area contributed by atoms with Gasteiger partial charge < -0.3 is 20.1 Å². The Morgan fingerprint density at radius 1 is 1.07 bits per heavy atom. The number of esters is 1. The maximum Gasteiger partial charge on any atom is 0.325 e. The van der Waals surface area contributed by atoms with Crippen molar-refractivity contribution >= 4 is 29.4 Å². The second kappa shape index (κ2) is 11.1. The molecule has 0 aliphatic carbocycles. The molecule has 0 spiro atoms. The summed E-state index contributed by atoms with van der Waals surface area (Å²) in [6, 6.07) is 13.3. The summed E-state index contributed by atoms with van der Waals surface area (Å²) in [5.41, 5.74) is 1.14. The summed E-state index contributed by atoms with van der Waals surface area (Å²) in [4.78, 5) is 35.8. The predicted octanol–water partition coefficient (Wildman–Crippen LogP) is 2.89. The van der Waals surface area contributed by atoms with E-state index >= 15 is 0 Å². The molecule has 0 saturated carbocycles. The van der Waals surface area contributed by atoms with E-state index in [9.17, 15) is 14.4 Å². The summed E-state index contributed by atoms with van der Waals surface area (Å²) >= 11 is 6.09. The topological polar surface area (TPSA) is 93.7 Å². The van der Waals surface area contributed by atoms with E-state index in [1.54, 1.807) is 49.4 Å². The van der Waals surface area contributed by atoms with E-state index in [2.05, 4.69) is 10.6 Å². The van der Waals surface area contributed by atoms with Gasteiger partial charge in [-0.25, -0.2) is 0 Å². The average molecular weight is 419 g/mol. The van der Waals surface area contributed by atoms with Crippen LogP contribution in [0.25, 0.3) is 0 Å². The van der Waals surface area contributed by atoms with Crippen molar-refractivity contribution in [3.8, 4) is 5.75 Å². The highest BCUT2D eigenvalue weighted by molar-refractivity contribution is 6.31. The number of halogens is 1. The zero-order valence-electron chi connectivity index (χ0n) is 16.2. The highest BCUT2D eigenvalue weighted by Gasteiger charge is 2.14. The van der Waals surface area contributed by atoms with Crippen LogP contribution >= 0.6 is 11.6 Å². The quantitative estimate of drug-likeness (QED) is 0.611. The summed E-state index contributed by atoms with van der Waals surface area (Å²) in [5, 5.41) is 5.68. The van der Waals surface area contributed by atoms with E-state index in [1.165, 1.54) is 0 Å². The van der Waals surface area contributed by atoms with Gasteiger partial charge in [0.2, 0.25) is 0 Å². The fourth-order valence-electron chi connectivity index (χ4n) is 2.51. The van der Waals surface area contributed by atoms with Crippen molar-refractivity contribution in [3.05, 3.63) is 64.7 Å². The molecule has 1 atom stereocenters. The lowest BCUT2D eigenvalue weighted by atomic mass is 10.1. The molecule has 0 unspecified atom stereocenters. The summed E-state index contributed by atoms with van der Waals surface area (Å²) in [5.74, 6) is -0.962. The largest absolute Gasteiger partial charge is 0.494 e. The number of hydrogen-bond acceptors (Lipinski definition) is 5. The summed E-state index contributed by atoms with van der Waals surface area (Å²) in [6.45, 7) is 3.37. The second-order valence-electron chi connectivity index (χ2n) is 6.11. The third-order valence-corrected chi connectivity index (χ3v) is 4.28. The molecule has 2 N–H and O–H groups in total. The van der Waals surface area contributed by atoms with Crippen LogP contribution in [0.4, 0.5) is 0 Å². The highest BCUT2D eigenvalue weighted by Crippen LogP contribution is 2.21. The van der Waals surface area contributed by atoms with Gasteiger partial charge in [0.1, 0.15) is 12.3 Å². The molecule has 29 heavy (non-hydrogen) atoms. The van der Waals surface area contributed by atoms with Crippen LogP contribution in [0, 0.1) is 0 Å². The van der Waals surface area contributed by atoms with Gasteiger partial charge in [-0.3, -0.25) is 14.4 Å². The monoisotopic (exact) mass is 418 g/mol. The maximum atomic E-state index is 12.0. The molecule has 154 valence electrons. The molecule has 0 bridgehead atoms. The van der Waals surface area contributed by atoms with E-state index in [0.29, 0.717) is 22.9 Å². The first-order chi connectivity index (χ1) is 13.9. The van der Waals surface area contributed by atoms with Crippen LogP contribution in [0.1, 0.15) is 35.8 Å². The Kier molecular flexibility index (Phi) is 8.48. The zero-order chi connectivity index (χ0) is 21.2. The van der Waals surface area contributed by atoms with Crippen molar-refractivity contribution in [2.75, 3.05) is 19.8 Å². The molecule has 2 aromatic carbocycles. The van der Waals surface area contributed by atoms with Crippen molar-refractivity contribution in [1.29, 1.82) is 0 Å². The Morgan fingerprint density at radius 3 is 2.41 bits per heavy atom. The number of nitrogens with one attached hydrogen (secondary N) is 2. The third-order valence-electron chi connectivity index (χ3n) is 3.93. The Labute approximate surface area is 174 Å². The van der Waals surface area contributed by atoms with Gasteiger partial charge in [0.05, 0.1) is 12.6 Å². The van der Waals surface area contributed by atoms with Crippen LogP contribution in [0.3, 0.4) is 0 Å². The molecule has 0 radical (unpaired) electrons. The Bertz CT molecular complexity index is 854. The van der Waals surface area contributed by atoms with Crippen LogP contribution in [-0.2, 0) is 14.3 Å². The standard InChI is InChI=1S/C21H23ClN2O5/c1-3-28-16-10-8-15(9-11-16)21(27)23-12-20(26)29-13-19(25)24-14(2)17-6-4-5-7-18(17)22/h4-11,14H,3,12-13H2,1-2H3,(H,23,27)(H,24,25)/t14-/m0/s1. The first-order valence-electron chi connectivity index (χ1n) is 9.11. The molecule has 0 saturated heterocycles. The van der Waals surface area contributed by atoms with E-state index in [1.807, 2.05) is 13.0 Å². The van der Waals surface area contributed by atoms with Gasteiger partial charge in [-0.15, -0.1) is 0 Å². The second-order valence-corrected chi connectivity index (χ2v) is 6.52. The average Bonchev–Trinajstić information content (AvgIpc) is 2.71. The Balaban J connectivity index is 1.72. The number of rotatable bonds is 9. The lowest BCUT2D eigenvalue weighted by Crippen LogP contribution is -2.34. The fourth-order valence-corrected chi connectivity index (χ4v) is 2.81. The van der Waals surface area contributed by atoms with Crippen molar-refractivity contribution in [2.45, 2.75) is 19.9 Å². The number of hydrogen-bond donors (Lipinski definition) is 2. The molecule has 8 heteroatoms. The molecule has 2 rings (SSSR count). The molecule has 0 aromatic heterocycles. The van der Waals surface area contributed by atoms with Gasteiger partial charge >= 0.3 is 5.97 Å². The van der Waals surface area contributed by atoms with E-state index < -0.39 is 24.4 Å². The number of ether oxygens (including phenoxy) is 2. The first kappa shape index (κ1) is 22.2. The van der Waals surface area contributed by atoms with Gasteiger partial charge in [0.25, 0.3) is 11.8 Å². The van der Waals surface area contributed by atoms with E-state index in [0.717, 1.165) is 5.56 Å². The minimum Gasteiger partial charge on any atom is -0.494 e. The van der Waals surface area contributed by atoms with Gasteiger partial charge in [-0.1, -0.05) is 29.8 Å². The van der Waals surface area contributed by atoms with Crippen LogP contribution in [0.2, 0.25) is 5.02 Å². The minimum atomic E-state index is -0.718. The van der Waals surface area contributed by atoms with Crippen molar-refractivity contribution in [2.24, 2.45) is 0 Å². The third kappa shape index (κ3) is 7.12. The van der Waals surface area contributed by atoms with Crippen LogP contribution in [0.5, 0.6) is 5.75 Å². The molecular weight excluding hydrogens is 396 g/mol. The predicted molar refractivity (Wildman–Crippen MR) is 109 cm³/mol. The SMILES string of the molecule is CCOc1ccc(C(=O)NCC(=O)OCC(=O)N[C@@H](C)c2ccccc2Cl)cc1. The van der Waals surface area contributed by atoms with Gasteiger partial charge in [-0.05, 0) is 49.7 Å². The summed E-state index contributed by atoms with van der Waals surface area (Å²) < 4.78 is 10.2. The Hall–Kier alpha value is -3.06. The maximum absolute atomic E-state index is 12.0. The molecular formula is C21H23ClN2O5. The van der Waals surface area contributed by atoms with Crippen molar-refractivity contribution < 1.29 is 23.9 Å². The van der Waals surface area contributed by atoms with Crippen LogP contribution in [0.15, 0.2) is 48.5 Å². The van der Waals surface area contributed by atoms with Gasteiger partial charge in [-0.2, -0.15) is 0 Å². The number of carbonyl (C=O) groups is 3. The number of benzene rings is 2. The molecule has 0 aliphatic heterocycles. The summed E-state index contributed by atoms with van der Waals surface area (Å²) in [7, 11) is 0. The smallest absolute Gasteiger partial charge is 0.325 e. The molecule has 0 aliphatic rings. The minimum absolute atomic E-state index is 0.339. The number of carbonyl (C=O) groups excluding carboxylic acids is 3. The Morgan fingerprint density at radius 2 is 1.76 bits per heavy atom. The number of amides is 2. The zero-order valence-corrected chi connectivity index (χ0v) is 17.0. The molecule has 7 nitrogen and oxygen atoms in total. The van der Waals surface area contributed by atoms with Crippen molar-refractivity contribution in [3.63, 3.8) is 0 Å². The van der Waals surface area contributed by atoms with Crippen LogP contribution < -0.4 is 15.4 Å². The highest BCUT2D eigenvalue weighted by atomic mass is 35.5. The van der Waals surface area contributed by atoms with E-state index in [-0.39, 0.29) is 12.6 Å². The van der Waals surface area contributed by atoms with Gasteiger partial charge in [0, 0.05) is 10.6 Å². The normalized spacial score (nSPS) is 11.3. The van der Waals surface area contributed by atoms with Crippen molar-refractivity contribution in [1.82, 2.24) is 10.6 Å². The molecule has 2 aromatic rings. The fraction of sp³-hybridized carbons (Fsp3) is 0.286. The van der Waals surface area contributed by atoms with Crippen LogP contribution in [-0.4, -0.2) is 37.5 Å². The first-order valence-corrected chi connectivity index (χ1v) is 9.49. The van der Waals surface area contributed by atoms with E-state index in [4.69, 9.17) is 21.1 Å². The summed E-state index contributed by atoms with van der Waals surface area (Å²) in [6.07, 6.45) is 0. The lowest BCUT2D eigenvalue weighted by molar-refractivity contribution is -0.147. The molecule has 0 heterocycles. The lowest BCUT2D eigenvalue weighted by Gasteiger charge is -2.15. The molecule has 0 fully saturated rings. The van der Waals surface area contributed by atoms with Gasteiger partial charge in [0.15, 0.2) is 6.61 Å². The molecule has 2 amide bonds.